The minimum absolute atomic E-state index is 0.0942. The molecule has 14 heavy (non-hydrogen) atoms. The van der Waals surface area contributed by atoms with E-state index >= 15 is 0 Å². The van der Waals surface area contributed by atoms with Gasteiger partial charge in [-0.1, -0.05) is 33.4 Å². The van der Waals surface area contributed by atoms with Crippen LogP contribution in [0.1, 0.15) is 26.5 Å². The Kier molecular flexibility index (Phi) is 3.28. The Morgan fingerprint density at radius 2 is 2.14 bits per heavy atom. The van der Waals surface area contributed by atoms with Crippen molar-refractivity contribution in [3.63, 3.8) is 0 Å². The van der Waals surface area contributed by atoms with Crippen LogP contribution < -0.4 is 4.74 Å². The van der Waals surface area contributed by atoms with Crippen LogP contribution in [-0.4, -0.2) is 11.6 Å². The largest absolute Gasteiger partial charge is 0.488 e. The fraction of sp³-hybridized carbons (Fsp3) is 0.417. The van der Waals surface area contributed by atoms with Gasteiger partial charge in [0, 0.05) is 11.1 Å². The van der Waals surface area contributed by atoms with E-state index in [1.807, 2.05) is 12.1 Å². The normalized spacial score (nSPS) is 11.1. The molecule has 0 aliphatic rings. The average molecular weight is 191 g/mol. The molecule has 0 unspecified atom stereocenters. The van der Waals surface area contributed by atoms with E-state index in [1.165, 1.54) is 0 Å². The highest BCUT2D eigenvalue weighted by Crippen LogP contribution is 2.21. The van der Waals surface area contributed by atoms with Crippen LogP contribution in [0.25, 0.3) is 0 Å². The number of aromatic nitrogens is 1. The van der Waals surface area contributed by atoms with Gasteiger partial charge in [0.1, 0.15) is 12.4 Å². The van der Waals surface area contributed by atoms with Crippen molar-refractivity contribution in [1.29, 1.82) is 0 Å². The lowest BCUT2D eigenvalue weighted by molar-refractivity contribution is 0.361. The summed E-state index contributed by atoms with van der Waals surface area (Å²) in [6.45, 7) is 10.5. The molecule has 0 spiro atoms. The molecule has 1 aromatic heterocycles. The molecule has 0 fully saturated rings. The van der Waals surface area contributed by atoms with E-state index in [4.69, 9.17) is 4.74 Å². The van der Waals surface area contributed by atoms with Crippen molar-refractivity contribution in [3.05, 3.63) is 36.7 Å². The molecule has 0 bridgehead atoms. The number of pyridine rings is 1. The van der Waals surface area contributed by atoms with Gasteiger partial charge in [0.05, 0.1) is 6.20 Å². The SMILES string of the molecule is C=CCOc1ccc(C(C)(C)C)nc1. The van der Waals surface area contributed by atoms with Crippen molar-refractivity contribution in [1.82, 2.24) is 4.98 Å². The van der Waals surface area contributed by atoms with Gasteiger partial charge in [-0.2, -0.15) is 0 Å². The molecule has 0 aliphatic heterocycles. The molecule has 1 aromatic rings. The van der Waals surface area contributed by atoms with Crippen LogP contribution in [0.15, 0.2) is 31.0 Å². The predicted molar refractivity (Wildman–Crippen MR) is 58.6 cm³/mol. The van der Waals surface area contributed by atoms with Crippen LogP contribution in [0.2, 0.25) is 0 Å². The zero-order valence-electron chi connectivity index (χ0n) is 9.08. The number of ether oxygens (including phenoxy) is 1. The Labute approximate surface area is 85.6 Å². The van der Waals surface area contributed by atoms with Crippen LogP contribution in [0.4, 0.5) is 0 Å². The zero-order valence-corrected chi connectivity index (χ0v) is 9.08. The summed E-state index contributed by atoms with van der Waals surface area (Å²) in [6, 6.07) is 3.94. The lowest BCUT2D eigenvalue weighted by Gasteiger charge is -2.17. The standard InChI is InChI=1S/C12H17NO/c1-5-8-14-10-6-7-11(13-9-10)12(2,3)4/h5-7,9H,1,8H2,2-4H3. The van der Waals surface area contributed by atoms with Gasteiger partial charge in [-0.3, -0.25) is 4.98 Å². The second kappa shape index (κ2) is 4.27. The Balaban J connectivity index is 2.73. The lowest BCUT2D eigenvalue weighted by atomic mass is 9.92. The summed E-state index contributed by atoms with van der Waals surface area (Å²) >= 11 is 0. The molecule has 0 saturated carbocycles. The molecule has 0 saturated heterocycles. The van der Waals surface area contributed by atoms with Crippen LogP contribution in [0.3, 0.4) is 0 Å². The quantitative estimate of drug-likeness (QED) is 0.685. The topological polar surface area (TPSA) is 22.1 Å². The third kappa shape index (κ3) is 2.87. The first-order valence-electron chi connectivity index (χ1n) is 4.74. The molecule has 0 aliphatic carbocycles. The summed E-state index contributed by atoms with van der Waals surface area (Å²) < 4.78 is 5.34. The second-order valence-corrected chi connectivity index (χ2v) is 4.23. The van der Waals surface area contributed by atoms with Gasteiger partial charge in [0.25, 0.3) is 0 Å². The summed E-state index contributed by atoms with van der Waals surface area (Å²) in [5, 5.41) is 0. The molecule has 76 valence electrons. The van der Waals surface area contributed by atoms with Gasteiger partial charge < -0.3 is 4.74 Å². The highest BCUT2D eigenvalue weighted by atomic mass is 16.5. The first kappa shape index (κ1) is 10.8. The average Bonchev–Trinajstić information content (AvgIpc) is 2.14. The maximum absolute atomic E-state index is 5.34. The van der Waals surface area contributed by atoms with Crippen molar-refractivity contribution >= 4 is 0 Å². The smallest absolute Gasteiger partial charge is 0.138 e. The van der Waals surface area contributed by atoms with E-state index in [2.05, 4.69) is 32.3 Å². The van der Waals surface area contributed by atoms with E-state index in [1.54, 1.807) is 12.3 Å². The van der Waals surface area contributed by atoms with Gasteiger partial charge >= 0.3 is 0 Å². The van der Waals surface area contributed by atoms with Crippen molar-refractivity contribution in [3.8, 4) is 5.75 Å². The van der Waals surface area contributed by atoms with Crippen LogP contribution in [0.5, 0.6) is 5.75 Å². The molecule has 0 aromatic carbocycles. The Morgan fingerprint density at radius 1 is 1.43 bits per heavy atom. The highest BCUT2D eigenvalue weighted by Gasteiger charge is 2.14. The minimum atomic E-state index is 0.0942. The summed E-state index contributed by atoms with van der Waals surface area (Å²) in [5.74, 6) is 0.790. The number of hydrogen-bond acceptors (Lipinski definition) is 2. The van der Waals surface area contributed by atoms with E-state index in [9.17, 15) is 0 Å². The Hall–Kier alpha value is -1.31. The summed E-state index contributed by atoms with van der Waals surface area (Å²) in [6.07, 6.45) is 3.47. The van der Waals surface area contributed by atoms with Crippen molar-refractivity contribution in [2.75, 3.05) is 6.61 Å². The highest BCUT2D eigenvalue weighted by molar-refractivity contribution is 5.23. The molecule has 0 amide bonds. The van der Waals surface area contributed by atoms with Crippen LogP contribution >= 0.6 is 0 Å². The zero-order chi connectivity index (χ0) is 10.6. The monoisotopic (exact) mass is 191 g/mol. The maximum atomic E-state index is 5.34. The molecule has 1 heterocycles. The molecule has 0 radical (unpaired) electrons. The fourth-order valence-corrected chi connectivity index (χ4v) is 1.06. The summed E-state index contributed by atoms with van der Waals surface area (Å²) in [5.41, 5.74) is 1.17. The molecule has 2 heteroatoms. The van der Waals surface area contributed by atoms with E-state index in [0.29, 0.717) is 6.61 Å². The maximum Gasteiger partial charge on any atom is 0.138 e. The van der Waals surface area contributed by atoms with E-state index in [0.717, 1.165) is 11.4 Å². The van der Waals surface area contributed by atoms with Crippen molar-refractivity contribution in [2.24, 2.45) is 0 Å². The lowest BCUT2D eigenvalue weighted by Crippen LogP contribution is -2.13. The molecular formula is C12H17NO. The third-order valence-corrected chi connectivity index (χ3v) is 1.87. The first-order valence-corrected chi connectivity index (χ1v) is 4.74. The van der Waals surface area contributed by atoms with Gasteiger partial charge in [0.15, 0.2) is 0 Å². The van der Waals surface area contributed by atoms with Crippen LogP contribution in [0, 0.1) is 0 Å². The number of hydrogen-bond donors (Lipinski definition) is 0. The summed E-state index contributed by atoms with van der Waals surface area (Å²) in [7, 11) is 0. The van der Waals surface area contributed by atoms with Gasteiger partial charge in [0.2, 0.25) is 0 Å². The van der Waals surface area contributed by atoms with E-state index in [-0.39, 0.29) is 5.41 Å². The van der Waals surface area contributed by atoms with Crippen molar-refractivity contribution < 1.29 is 4.74 Å². The molecule has 2 nitrogen and oxygen atoms in total. The fourth-order valence-electron chi connectivity index (χ4n) is 1.06. The van der Waals surface area contributed by atoms with Gasteiger partial charge in [-0.25, -0.2) is 0 Å². The summed E-state index contributed by atoms with van der Waals surface area (Å²) in [4.78, 5) is 4.34. The van der Waals surface area contributed by atoms with Crippen LogP contribution in [-0.2, 0) is 5.41 Å². The van der Waals surface area contributed by atoms with Gasteiger partial charge in [-0.05, 0) is 12.1 Å². The van der Waals surface area contributed by atoms with E-state index < -0.39 is 0 Å². The Bertz CT molecular complexity index is 295. The minimum Gasteiger partial charge on any atom is -0.488 e. The predicted octanol–water partition coefficient (Wildman–Crippen LogP) is 2.94. The first-order chi connectivity index (χ1) is 6.54. The Morgan fingerprint density at radius 3 is 2.57 bits per heavy atom. The number of rotatable bonds is 3. The van der Waals surface area contributed by atoms with Crippen molar-refractivity contribution in [2.45, 2.75) is 26.2 Å². The molecular weight excluding hydrogens is 174 g/mol. The second-order valence-electron chi connectivity index (χ2n) is 4.23. The molecule has 1 rings (SSSR count). The van der Waals surface area contributed by atoms with Gasteiger partial charge in [-0.15, -0.1) is 0 Å². The molecule has 0 N–H and O–H groups in total. The number of nitrogens with zero attached hydrogens (tertiary/aromatic N) is 1. The molecule has 0 atom stereocenters. The third-order valence-electron chi connectivity index (χ3n) is 1.87.